The Morgan fingerprint density at radius 1 is 1.08 bits per heavy atom. The second-order valence-corrected chi connectivity index (χ2v) is 8.52. The van der Waals surface area contributed by atoms with E-state index in [1.54, 1.807) is 48.5 Å². The molecule has 8 nitrogen and oxygen atoms in total. The molecule has 1 aliphatic heterocycles. The Labute approximate surface area is 209 Å². The molecule has 1 aromatic heterocycles. The molecule has 1 aliphatic rings. The number of furan rings is 1. The van der Waals surface area contributed by atoms with Crippen LogP contribution < -0.4 is 9.47 Å². The summed E-state index contributed by atoms with van der Waals surface area (Å²) in [4.78, 5) is 27.6. The van der Waals surface area contributed by atoms with Crippen molar-refractivity contribution in [1.82, 2.24) is 4.90 Å². The smallest absolute Gasteiger partial charge is 0.296 e. The molecule has 2 N–H and O–H groups in total. The predicted octanol–water partition coefficient (Wildman–Crippen LogP) is 5.18. The second-order valence-electron chi connectivity index (χ2n) is 8.52. The summed E-state index contributed by atoms with van der Waals surface area (Å²) in [6, 6.07) is 13.8. The summed E-state index contributed by atoms with van der Waals surface area (Å²) in [5.41, 5.74) is 0.735. The fourth-order valence-corrected chi connectivity index (χ4v) is 4.24. The van der Waals surface area contributed by atoms with Crippen LogP contribution in [0.5, 0.6) is 17.2 Å². The van der Waals surface area contributed by atoms with E-state index in [2.05, 4.69) is 6.92 Å². The van der Waals surface area contributed by atoms with Crippen LogP contribution in [0.3, 0.4) is 0 Å². The number of aromatic hydroxyl groups is 1. The number of phenolic OH excluding ortho intramolecular Hbond substituents is 1. The molecule has 0 bridgehead atoms. The van der Waals surface area contributed by atoms with Crippen LogP contribution in [0.25, 0.3) is 5.76 Å². The van der Waals surface area contributed by atoms with Gasteiger partial charge in [-0.25, -0.2) is 0 Å². The molecule has 0 aliphatic carbocycles. The quantitative estimate of drug-likeness (QED) is 0.174. The molecule has 0 radical (unpaired) electrons. The van der Waals surface area contributed by atoms with Crippen molar-refractivity contribution in [1.29, 1.82) is 0 Å². The molecule has 3 aromatic rings. The van der Waals surface area contributed by atoms with Gasteiger partial charge in [0.1, 0.15) is 17.3 Å². The molecule has 2 heterocycles. The number of phenols is 1. The number of rotatable bonds is 10. The Kier molecular flexibility index (Phi) is 7.63. The minimum absolute atomic E-state index is 0.0103. The maximum Gasteiger partial charge on any atom is 0.296 e. The van der Waals surface area contributed by atoms with Crippen LogP contribution in [-0.2, 0) is 16.1 Å². The van der Waals surface area contributed by atoms with Gasteiger partial charge in [-0.15, -0.1) is 0 Å². The minimum Gasteiger partial charge on any atom is -0.507 e. The molecule has 1 saturated heterocycles. The van der Waals surface area contributed by atoms with Gasteiger partial charge in [-0.3, -0.25) is 9.59 Å². The van der Waals surface area contributed by atoms with Crippen LogP contribution in [-0.4, -0.2) is 40.5 Å². The van der Waals surface area contributed by atoms with E-state index >= 15 is 0 Å². The number of carbonyl (C=O) groups excluding carboxylic acids is 2. The average molecular weight is 492 g/mol. The number of aliphatic hydroxyl groups excluding tert-OH is 1. The maximum absolute atomic E-state index is 13.2. The molecule has 2 aromatic carbocycles. The Morgan fingerprint density at radius 2 is 1.86 bits per heavy atom. The van der Waals surface area contributed by atoms with Gasteiger partial charge in [-0.05, 0) is 60.5 Å². The zero-order valence-corrected chi connectivity index (χ0v) is 20.3. The number of benzene rings is 2. The summed E-state index contributed by atoms with van der Waals surface area (Å²) in [6.07, 6.45) is 4.61. The van der Waals surface area contributed by atoms with Gasteiger partial charge in [0.25, 0.3) is 11.7 Å². The lowest BCUT2D eigenvalue weighted by atomic mass is 9.95. The number of ether oxygens (including phenoxy) is 2. The number of nitrogens with zero attached hydrogens (tertiary/aromatic N) is 1. The van der Waals surface area contributed by atoms with Crippen LogP contribution in [0.15, 0.2) is 70.9 Å². The highest BCUT2D eigenvalue weighted by atomic mass is 16.5. The maximum atomic E-state index is 13.2. The van der Waals surface area contributed by atoms with Crippen molar-refractivity contribution in [2.24, 2.45) is 0 Å². The number of Topliss-reactive ketones (excluding diaryl/α,β-unsaturated/α-hetero) is 1. The van der Waals surface area contributed by atoms with Crippen molar-refractivity contribution < 1.29 is 33.7 Å². The van der Waals surface area contributed by atoms with Crippen molar-refractivity contribution in [3.05, 3.63) is 83.3 Å². The largest absolute Gasteiger partial charge is 0.507 e. The van der Waals surface area contributed by atoms with E-state index in [9.17, 15) is 19.8 Å². The highest BCUT2D eigenvalue weighted by Gasteiger charge is 2.46. The fourth-order valence-electron chi connectivity index (χ4n) is 4.24. The summed E-state index contributed by atoms with van der Waals surface area (Å²) in [7, 11) is 1.43. The molecular weight excluding hydrogens is 462 g/mol. The lowest BCUT2D eigenvalue weighted by Gasteiger charge is -2.25. The van der Waals surface area contributed by atoms with Crippen LogP contribution in [0, 0.1) is 0 Å². The van der Waals surface area contributed by atoms with E-state index in [1.807, 2.05) is 0 Å². The highest BCUT2D eigenvalue weighted by Crippen LogP contribution is 2.42. The normalized spacial score (nSPS) is 16.9. The van der Waals surface area contributed by atoms with Gasteiger partial charge in [-0.1, -0.05) is 25.8 Å². The Balaban J connectivity index is 1.72. The molecule has 1 atom stereocenters. The van der Waals surface area contributed by atoms with Gasteiger partial charge in [-0.2, -0.15) is 0 Å². The van der Waals surface area contributed by atoms with Crippen molar-refractivity contribution in [3.63, 3.8) is 0 Å². The molecule has 4 rings (SSSR count). The van der Waals surface area contributed by atoms with Crippen molar-refractivity contribution in [2.75, 3.05) is 13.7 Å². The number of aliphatic hydroxyl groups is 1. The Morgan fingerprint density at radius 3 is 2.50 bits per heavy atom. The van der Waals surface area contributed by atoms with E-state index in [0.29, 0.717) is 29.2 Å². The SMILES string of the molecule is CCCCCOc1ccc(/C(O)=C2/C(=O)C(=O)N(Cc3ccco3)C2c2ccc(OC)c(O)c2)cc1. The lowest BCUT2D eigenvalue weighted by Crippen LogP contribution is -2.29. The summed E-state index contributed by atoms with van der Waals surface area (Å²) < 4.78 is 16.3. The topological polar surface area (TPSA) is 109 Å². The second kappa shape index (κ2) is 11.0. The number of unbranched alkanes of at least 4 members (excludes halogenated alkanes) is 2. The average Bonchev–Trinajstić information content (AvgIpc) is 3.49. The number of carbonyl (C=O) groups is 2. The molecule has 0 saturated carbocycles. The third kappa shape index (κ3) is 5.07. The zero-order chi connectivity index (χ0) is 25.7. The first-order valence-corrected chi connectivity index (χ1v) is 11.9. The summed E-state index contributed by atoms with van der Waals surface area (Å²) >= 11 is 0. The monoisotopic (exact) mass is 491 g/mol. The highest BCUT2D eigenvalue weighted by molar-refractivity contribution is 6.46. The molecule has 1 unspecified atom stereocenters. The fraction of sp³-hybridized carbons (Fsp3) is 0.286. The van der Waals surface area contributed by atoms with Crippen LogP contribution >= 0.6 is 0 Å². The number of hydrogen-bond acceptors (Lipinski definition) is 7. The van der Waals surface area contributed by atoms with Gasteiger partial charge in [0.15, 0.2) is 11.5 Å². The first-order chi connectivity index (χ1) is 17.4. The molecule has 0 spiro atoms. The molecule has 1 fully saturated rings. The standard InChI is InChI=1S/C28H29NO7/c1-3-4-5-14-35-20-11-8-18(9-12-20)26(31)24-25(19-10-13-23(34-2)22(30)16-19)29(28(33)27(24)32)17-21-7-6-15-36-21/h6-13,15-16,25,30-31H,3-5,14,17H2,1-2H3/b26-24-. The molecule has 36 heavy (non-hydrogen) atoms. The van der Waals surface area contributed by atoms with Gasteiger partial charge in [0.05, 0.1) is 38.1 Å². The van der Waals surface area contributed by atoms with E-state index in [4.69, 9.17) is 13.9 Å². The Bertz CT molecular complexity index is 1250. The van der Waals surface area contributed by atoms with Crippen molar-refractivity contribution >= 4 is 17.4 Å². The number of hydrogen-bond donors (Lipinski definition) is 2. The molecule has 1 amide bonds. The minimum atomic E-state index is -0.947. The number of methoxy groups -OCH3 is 1. The van der Waals surface area contributed by atoms with Crippen LogP contribution in [0.2, 0.25) is 0 Å². The molecular formula is C28H29NO7. The lowest BCUT2D eigenvalue weighted by molar-refractivity contribution is -0.140. The summed E-state index contributed by atoms with van der Waals surface area (Å²) in [5.74, 6) is -0.683. The zero-order valence-electron chi connectivity index (χ0n) is 20.3. The summed E-state index contributed by atoms with van der Waals surface area (Å²) in [5, 5.41) is 21.6. The van der Waals surface area contributed by atoms with Crippen molar-refractivity contribution in [2.45, 2.75) is 38.8 Å². The van der Waals surface area contributed by atoms with E-state index in [-0.39, 0.29) is 29.4 Å². The van der Waals surface area contributed by atoms with E-state index < -0.39 is 17.7 Å². The van der Waals surface area contributed by atoms with E-state index in [1.165, 1.54) is 24.3 Å². The molecule has 8 heteroatoms. The first kappa shape index (κ1) is 24.9. The van der Waals surface area contributed by atoms with Crippen LogP contribution in [0.4, 0.5) is 0 Å². The summed E-state index contributed by atoms with van der Waals surface area (Å²) in [6.45, 7) is 2.73. The third-order valence-corrected chi connectivity index (χ3v) is 6.11. The predicted molar refractivity (Wildman–Crippen MR) is 133 cm³/mol. The van der Waals surface area contributed by atoms with E-state index in [0.717, 1.165) is 19.3 Å². The van der Waals surface area contributed by atoms with Gasteiger partial charge in [0.2, 0.25) is 0 Å². The van der Waals surface area contributed by atoms with Gasteiger partial charge >= 0.3 is 0 Å². The number of ketones is 1. The third-order valence-electron chi connectivity index (χ3n) is 6.11. The molecule has 188 valence electrons. The van der Waals surface area contributed by atoms with Gasteiger partial charge in [0, 0.05) is 5.56 Å². The first-order valence-electron chi connectivity index (χ1n) is 11.9. The number of amides is 1. The Hall–Kier alpha value is -4.20. The number of likely N-dealkylation sites (tertiary alicyclic amines) is 1. The van der Waals surface area contributed by atoms with Crippen molar-refractivity contribution in [3.8, 4) is 17.2 Å². The van der Waals surface area contributed by atoms with Gasteiger partial charge < -0.3 is 29.0 Å². The van der Waals surface area contributed by atoms with Crippen LogP contribution in [0.1, 0.15) is 49.1 Å².